The van der Waals surface area contributed by atoms with E-state index in [4.69, 9.17) is 9.47 Å². The Labute approximate surface area is 160 Å². The summed E-state index contributed by atoms with van der Waals surface area (Å²) in [5.41, 5.74) is 2.06. The quantitative estimate of drug-likeness (QED) is 0.529. The maximum absolute atomic E-state index is 11.8. The maximum Gasteiger partial charge on any atom is 0.264 e. The molecule has 4 aromatic heterocycles. The standard InChI is InChI=1S/2C10H10N2O2/c2*1-7-9(14-2)11-8-5-3-4-6-12(8)10(7)13/h2*3-6H,1-2H3. The lowest BCUT2D eigenvalue weighted by atomic mass is 10.3. The maximum atomic E-state index is 11.8. The fourth-order valence-corrected chi connectivity index (χ4v) is 2.71. The predicted molar refractivity (Wildman–Crippen MR) is 106 cm³/mol. The van der Waals surface area contributed by atoms with Gasteiger partial charge in [-0.25, -0.2) is 0 Å². The Bertz CT molecular complexity index is 1160. The molecule has 8 nitrogen and oxygen atoms in total. The smallest absolute Gasteiger partial charge is 0.264 e. The van der Waals surface area contributed by atoms with Crippen molar-refractivity contribution in [2.75, 3.05) is 14.2 Å². The third kappa shape index (κ3) is 3.44. The van der Waals surface area contributed by atoms with Crippen molar-refractivity contribution in [1.82, 2.24) is 18.8 Å². The molecule has 0 N–H and O–H groups in total. The van der Waals surface area contributed by atoms with E-state index in [1.807, 2.05) is 12.1 Å². The van der Waals surface area contributed by atoms with E-state index in [2.05, 4.69) is 9.97 Å². The summed E-state index contributed by atoms with van der Waals surface area (Å²) in [6, 6.07) is 10.8. The van der Waals surface area contributed by atoms with Gasteiger partial charge in [-0.05, 0) is 38.1 Å². The van der Waals surface area contributed by atoms with Crippen LogP contribution in [0.4, 0.5) is 0 Å². The Morgan fingerprint density at radius 1 is 0.714 bits per heavy atom. The van der Waals surface area contributed by atoms with Crippen LogP contribution in [0.2, 0.25) is 0 Å². The molecule has 4 rings (SSSR count). The van der Waals surface area contributed by atoms with E-state index in [1.165, 1.54) is 23.0 Å². The SMILES string of the molecule is COc1nc2ccccn2c(=O)c1C.COc1nc2ccccn2c(=O)c1C. The Hall–Kier alpha value is -3.68. The molecule has 0 radical (unpaired) electrons. The summed E-state index contributed by atoms with van der Waals surface area (Å²) in [4.78, 5) is 31.9. The van der Waals surface area contributed by atoms with Crippen LogP contribution < -0.4 is 20.6 Å². The number of fused-ring (bicyclic) bond motifs is 2. The molecule has 4 heterocycles. The zero-order valence-electron chi connectivity index (χ0n) is 16.0. The molecule has 8 heteroatoms. The highest BCUT2D eigenvalue weighted by Gasteiger charge is 2.08. The Morgan fingerprint density at radius 3 is 1.46 bits per heavy atom. The number of nitrogens with zero attached hydrogens (tertiary/aromatic N) is 4. The third-order valence-corrected chi connectivity index (χ3v) is 4.22. The molecule has 0 saturated carbocycles. The van der Waals surface area contributed by atoms with E-state index in [9.17, 15) is 9.59 Å². The molecule has 0 spiro atoms. The number of hydrogen-bond acceptors (Lipinski definition) is 6. The van der Waals surface area contributed by atoms with Gasteiger partial charge in [-0.1, -0.05) is 12.1 Å². The molecule has 0 aliphatic rings. The summed E-state index contributed by atoms with van der Waals surface area (Å²) < 4.78 is 13.0. The molecule has 4 aromatic rings. The van der Waals surface area contributed by atoms with E-state index < -0.39 is 0 Å². The number of methoxy groups -OCH3 is 2. The summed E-state index contributed by atoms with van der Waals surface area (Å²) in [7, 11) is 3.02. The van der Waals surface area contributed by atoms with Gasteiger partial charge < -0.3 is 9.47 Å². The number of aromatic nitrogens is 4. The fourth-order valence-electron chi connectivity index (χ4n) is 2.71. The topological polar surface area (TPSA) is 87.2 Å². The van der Waals surface area contributed by atoms with E-state index in [-0.39, 0.29) is 11.1 Å². The predicted octanol–water partition coefficient (Wildman–Crippen LogP) is 2.02. The minimum Gasteiger partial charge on any atom is -0.481 e. The Kier molecular flexibility index (Phi) is 5.39. The number of ether oxygens (including phenoxy) is 2. The minimum atomic E-state index is -0.0903. The highest BCUT2D eigenvalue weighted by Crippen LogP contribution is 2.11. The van der Waals surface area contributed by atoms with Crippen molar-refractivity contribution in [3.05, 3.63) is 80.6 Å². The van der Waals surface area contributed by atoms with E-state index in [0.29, 0.717) is 34.2 Å². The highest BCUT2D eigenvalue weighted by molar-refractivity contribution is 5.43. The van der Waals surface area contributed by atoms with Gasteiger partial charge in [0.05, 0.1) is 25.3 Å². The first-order valence-corrected chi connectivity index (χ1v) is 8.52. The van der Waals surface area contributed by atoms with Crippen molar-refractivity contribution in [2.24, 2.45) is 0 Å². The average molecular weight is 380 g/mol. The van der Waals surface area contributed by atoms with Crippen LogP contribution in [-0.2, 0) is 0 Å². The molecule has 0 saturated heterocycles. The molecule has 28 heavy (non-hydrogen) atoms. The molecule has 0 atom stereocenters. The van der Waals surface area contributed by atoms with Gasteiger partial charge in [0, 0.05) is 12.4 Å². The van der Waals surface area contributed by atoms with Gasteiger partial charge in [0.2, 0.25) is 11.8 Å². The molecule has 0 aliphatic carbocycles. The van der Waals surface area contributed by atoms with Crippen LogP contribution in [0.15, 0.2) is 58.4 Å². The molecule has 0 amide bonds. The summed E-state index contributed by atoms with van der Waals surface area (Å²) in [5.74, 6) is 0.780. The van der Waals surface area contributed by atoms with Crippen molar-refractivity contribution in [3.8, 4) is 11.8 Å². The lowest BCUT2D eigenvalue weighted by Gasteiger charge is -2.05. The van der Waals surface area contributed by atoms with Crippen LogP contribution in [0.5, 0.6) is 11.8 Å². The Balaban J connectivity index is 0.000000161. The van der Waals surface area contributed by atoms with Gasteiger partial charge in [-0.15, -0.1) is 0 Å². The third-order valence-electron chi connectivity index (χ3n) is 4.22. The molecule has 0 bridgehead atoms. The van der Waals surface area contributed by atoms with Gasteiger partial charge in [0.25, 0.3) is 11.1 Å². The number of hydrogen-bond donors (Lipinski definition) is 0. The van der Waals surface area contributed by atoms with Gasteiger partial charge in [-0.2, -0.15) is 9.97 Å². The molecule has 0 fully saturated rings. The van der Waals surface area contributed by atoms with Crippen molar-refractivity contribution in [3.63, 3.8) is 0 Å². The summed E-state index contributed by atoms with van der Waals surface area (Å²) >= 11 is 0. The molecule has 0 unspecified atom stereocenters. The van der Waals surface area contributed by atoms with Gasteiger partial charge in [0.15, 0.2) is 0 Å². The fraction of sp³-hybridized carbons (Fsp3) is 0.200. The summed E-state index contributed by atoms with van der Waals surface area (Å²) in [6.07, 6.45) is 3.38. The van der Waals surface area contributed by atoms with Gasteiger partial charge in [0.1, 0.15) is 11.3 Å². The summed E-state index contributed by atoms with van der Waals surface area (Å²) in [6.45, 7) is 3.40. The molecule has 0 aliphatic heterocycles. The average Bonchev–Trinajstić information content (AvgIpc) is 2.73. The molecular formula is C20H20N4O4. The van der Waals surface area contributed by atoms with E-state index in [0.717, 1.165) is 0 Å². The first kappa shape index (κ1) is 19.1. The van der Waals surface area contributed by atoms with Crippen LogP contribution in [0.25, 0.3) is 11.3 Å². The van der Waals surface area contributed by atoms with Crippen molar-refractivity contribution >= 4 is 11.3 Å². The second kappa shape index (κ2) is 7.91. The van der Waals surface area contributed by atoms with Crippen molar-refractivity contribution in [1.29, 1.82) is 0 Å². The normalized spacial score (nSPS) is 10.4. The number of rotatable bonds is 2. The minimum absolute atomic E-state index is 0.0903. The van der Waals surface area contributed by atoms with E-state index in [1.54, 1.807) is 50.5 Å². The van der Waals surface area contributed by atoms with Crippen LogP contribution in [0, 0.1) is 13.8 Å². The van der Waals surface area contributed by atoms with Gasteiger partial charge >= 0.3 is 0 Å². The molecule has 144 valence electrons. The van der Waals surface area contributed by atoms with Gasteiger partial charge in [-0.3, -0.25) is 18.4 Å². The lowest BCUT2D eigenvalue weighted by Crippen LogP contribution is -2.18. The first-order chi connectivity index (χ1) is 13.5. The molecular weight excluding hydrogens is 360 g/mol. The number of pyridine rings is 2. The Morgan fingerprint density at radius 2 is 1.11 bits per heavy atom. The zero-order valence-corrected chi connectivity index (χ0v) is 16.0. The van der Waals surface area contributed by atoms with Crippen LogP contribution in [0.1, 0.15) is 11.1 Å². The highest BCUT2D eigenvalue weighted by atomic mass is 16.5. The van der Waals surface area contributed by atoms with Crippen molar-refractivity contribution < 1.29 is 9.47 Å². The second-order valence-electron chi connectivity index (χ2n) is 5.96. The lowest BCUT2D eigenvalue weighted by molar-refractivity contribution is 0.394. The largest absolute Gasteiger partial charge is 0.481 e. The monoisotopic (exact) mass is 380 g/mol. The second-order valence-corrected chi connectivity index (χ2v) is 5.96. The van der Waals surface area contributed by atoms with Crippen molar-refractivity contribution in [2.45, 2.75) is 13.8 Å². The van der Waals surface area contributed by atoms with Crippen LogP contribution in [-0.4, -0.2) is 33.0 Å². The first-order valence-electron chi connectivity index (χ1n) is 8.52. The summed E-state index contributed by atoms with van der Waals surface area (Å²) in [5, 5.41) is 0. The van der Waals surface area contributed by atoms with Crippen LogP contribution in [0.3, 0.4) is 0 Å². The van der Waals surface area contributed by atoms with Crippen LogP contribution >= 0.6 is 0 Å². The molecule has 0 aromatic carbocycles. The zero-order chi connectivity index (χ0) is 20.3. The van der Waals surface area contributed by atoms with E-state index >= 15 is 0 Å².